The lowest BCUT2D eigenvalue weighted by atomic mass is 10.2. The van der Waals surface area contributed by atoms with E-state index in [1.807, 2.05) is 84.9 Å². The highest BCUT2D eigenvalue weighted by atomic mass is 16.3. The fraction of sp³-hybridized carbons (Fsp3) is 0. The zero-order valence-electron chi connectivity index (χ0n) is 14.4. The molecule has 0 amide bonds. The number of para-hydroxylation sites is 4. The summed E-state index contributed by atoms with van der Waals surface area (Å²) in [6, 6.07) is 27.6. The van der Waals surface area contributed by atoms with Crippen LogP contribution in [-0.2, 0) is 0 Å². The van der Waals surface area contributed by atoms with E-state index in [2.05, 4.69) is 10.9 Å². The smallest absolute Gasteiger partial charge is 0.175 e. The van der Waals surface area contributed by atoms with Crippen molar-refractivity contribution in [3.05, 3.63) is 84.9 Å². The molecule has 0 radical (unpaired) electrons. The summed E-state index contributed by atoms with van der Waals surface area (Å²) in [5.41, 5.74) is 10.4. The molecule has 27 heavy (non-hydrogen) atoms. The molecular weight excluding hydrogens is 336 g/mol. The number of aromatic nitrogens is 2. The van der Waals surface area contributed by atoms with E-state index in [9.17, 15) is 0 Å². The highest BCUT2D eigenvalue weighted by Crippen LogP contribution is 2.31. The fourth-order valence-corrected chi connectivity index (χ4v) is 3.01. The molecular formula is C22H16N4O. The molecule has 0 spiro atoms. The quantitative estimate of drug-likeness (QED) is 0.419. The van der Waals surface area contributed by atoms with Gasteiger partial charge in [0.1, 0.15) is 5.58 Å². The van der Waals surface area contributed by atoms with Gasteiger partial charge in [-0.1, -0.05) is 48.5 Å². The first-order valence-corrected chi connectivity index (χ1v) is 8.70. The summed E-state index contributed by atoms with van der Waals surface area (Å²) in [5, 5.41) is 1.03. The van der Waals surface area contributed by atoms with E-state index >= 15 is 0 Å². The average molecular weight is 352 g/mol. The van der Waals surface area contributed by atoms with Crippen LogP contribution in [0.25, 0.3) is 33.5 Å². The van der Waals surface area contributed by atoms with Gasteiger partial charge in [0.15, 0.2) is 17.3 Å². The number of hydrazine groups is 1. The van der Waals surface area contributed by atoms with E-state index in [1.54, 1.807) is 0 Å². The van der Waals surface area contributed by atoms with Gasteiger partial charge in [-0.3, -0.25) is 10.9 Å². The Morgan fingerprint density at radius 3 is 2.19 bits per heavy atom. The highest BCUT2D eigenvalue weighted by Gasteiger charge is 2.15. The Bertz CT molecular complexity index is 1200. The van der Waals surface area contributed by atoms with Crippen LogP contribution in [0.5, 0.6) is 0 Å². The number of fused-ring (bicyclic) bond motifs is 2. The topological polar surface area (TPSA) is 63.0 Å². The van der Waals surface area contributed by atoms with Gasteiger partial charge in [0.2, 0.25) is 0 Å². The zero-order valence-corrected chi connectivity index (χ0v) is 14.4. The standard InChI is InChI=1S/C22H16N4O/c1-2-9-16(10-3-1)25-26-22-21(23-17-11-5-6-12-18(17)24-22)20-14-15-8-4-7-13-19(15)27-20/h1-14,25H,(H,24,26). The molecule has 5 nitrogen and oxygen atoms in total. The first-order valence-electron chi connectivity index (χ1n) is 8.70. The lowest BCUT2D eigenvalue weighted by molar-refractivity contribution is 0.629. The number of anilines is 2. The fourth-order valence-electron chi connectivity index (χ4n) is 3.01. The SMILES string of the molecule is c1ccc(NNc2nc3ccccc3nc2-c2cc3ccccc3o2)cc1. The van der Waals surface area contributed by atoms with Gasteiger partial charge in [0.05, 0.1) is 16.7 Å². The molecule has 0 saturated carbocycles. The van der Waals surface area contributed by atoms with E-state index < -0.39 is 0 Å². The van der Waals surface area contributed by atoms with Gasteiger partial charge in [-0.2, -0.15) is 0 Å². The molecule has 5 aromatic rings. The molecule has 2 N–H and O–H groups in total. The van der Waals surface area contributed by atoms with Gasteiger partial charge >= 0.3 is 0 Å². The molecule has 0 aliphatic rings. The van der Waals surface area contributed by atoms with Crippen molar-refractivity contribution < 1.29 is 4.42 Å². The Morgan fingerprint density at radius 1 is 0.667 bits per heavy atom. The molecule has 3 aromatic carbocycles. The highest BCUT2D eigenvalue weighted by molar-refractivity contribution is 5.87. The Kier molecular flexibility index (Phi) is 3.68. The normalized spacial score (nSPS) is 11.0. The molecule has 0 saturated heterocycles. The maximum atomic E-state index is 6.03. The van der Waals surface area contributed by atoms with Gasteiger partial charge in [-0.25, -0.2) is 9.97 Å². The average Bonchev–Trinajstić information content (AvgIpc) is 3.16. The van der Waals surface area contributed by atoms with Crippen molar-refractivity contribution in [2.45, 2.75) is 0 Å². The minimum absolute atomic E-state index is 0.608. The minimum Gasteiger partial charge on any atom is -0.454 e. The van der Waals surface area contributed by atoms with Crippen LogP contribution in [0.4, 0.5) is 11.5 Å². The maximum absolute atomic E-state index is 6.03. The third-order valence-electron chi connectivity index (χ3n) is 4.33. The van der Waals surface area contributed by atoms with Crippen LogP contribution in [0.3, 0.4) is 0 Å². The lowest BCUT2D eigenvalue weighted by Gasteiger charge is -2.12. The predicted octanol–water partition coefficient (Wildman–Crippen LogP) is 5.48. The minimum atomic E-state index is 0.608. The second-order valence-corrected chi connectivity index (χ2v) is 6.17. The third kappa shape index (κ3) is 2.95. The second-order valence-electron chi connectivity index (χ2n) is 6.17. The van der Waals surface area contributed by atoms with Gasteiger partial charge in [-0.05, 0) is 36.4 Å². The largest absolute Gasteiger partial charge is 0.454 e. The van der Waals surface area contributed by atoms with Gasteiger partial charge in [0.25, 0.3) is 0 Å². The van der Waals surface area contributed by atoms with E-state index in [0.29, 0.717) is 17.3 Å². The number of benzene rings is 3. The van der Waals surface area contributed by atoms with Gasteiger partial charge in [0, 0.05) is 5.39 Å². The van der Waals surface area contributed by atoms with E-state index in [0.717, 1.165) is 27.7 Å². The van der Waals surface area contributed by atoms with Crippen molar-refractivity contribution in [2.24, 2.45) is 0 Å². The Hall–Kier alpha value is -3.86. The molecule has 0 atom stereocenters. The molecule has 0 aliphatic heterocycles. The molecule has 130 valence electrons. The van der Waals surface area contributed by atoms with Crippen molar-refractivity contribution in [1.29, 1.82) is 0 Å². The van der Waals surface area contributed by atoms with Crippen LogP contribution in [0.15, 0.2) is 89.3 Å². The molecule has 2 heterocycles. The number of furan rings is 1. The van der Waals surface area contributed by atoms with Crippen LogP contribution in [0.1, 0.15) is 0 Å². The molecule has 5 heteroatoms. The second kappa shape index (κ2) is 6.46. The summed E-state index contributed by atoms with van der Waals surface area (Å²) in [6.07, 6.45) is 0. The maximum Gasteiger partial charge on any atom is 0.175 e. The van der Waals surface area contributed by atoms with Crippen molar-refractivity contribution in [2.75, 3.05) is 10.9 Å². The molecule has 0 aliphatic carbocycles. The van der Waals surface area contributed by atoms with Gasteiger partial charge in [-0.15, -0.1) is 0 Å². The zero-order chi connectivity index (χ0) is 18.1. The number of nitrogens with zero attached hydrogens (tertiary/aromatic N) is 2. The van der Waals surface area contributed by atoms with E-state index in [1.165, 1.54) is 0 Å². The Labute approximate surface area is 155 Å². The van der Waals surface area contributed by atoms with Crippen molar-refractivity contribution >= 4 is 33.5 Å². The van der Waals surface area contributed by atoms with Crippen LogP contribution in [0.2, 0.25) is 0 Å². The first-order chi connectivity index (χ1) is 13.4. The summed E-state index contributed by atoms with van der Waals surface area (Å²) in [5.74, 6) is 1.28. The monoisotopic (exact) mass is 352 g/mol. The van der Waals surface area contributed by atoms with Crippen LogP contribution in [-0.4, -0.2) is 9.97 Å². The summed E-state index contributed by atoms with van der Waals surface area (Å²) in [4.78, 5) is 9.53. The molecule has 0 bridgehead atoms. The number of hydrogen-bond donors (Lipinski definition) is 2. The molecule has 0 unspecified atom stereocenters. The Morgan fingerprint density at radius 2 is 1.37 bits per heavy atom. The molecule has 2 aromatic heterocycles. The first kappa shape index (κ1) is 15.4. The molecule has 5 rings (SSSR count). The van der Waals surface area contributed by atoms with Crippen LogP contribution < -0.4 is 10.9 Å². The van der Waals surface area contributed by atoms with Crippen molar-refractivity contribution in [3.8, 4) is 11.5 Å². The summed E-state index contributed by atoms with van der Waals surface area (Å²) in [7, 11) is 0. The van der Waals surface area contributed by atoms with Crippen molar-refractivity contribution in [3.63, 3.8) is 0 Å². The summed E-state index contributed by atoms with van der Waals surface area (Å²) in [6.45, 7) is 0. The summed E-state index contributed by atoms with van der Waals surface area (Å²) < 4.78 is 6.03. The summed E-state index contributed by atoms with van der Waals surface area (Å²) >= 11 is 0. The third-order valence-corrected chi connectivity index (χ3v) is 4.33. The van der Waals surface area contributed by atoms with Gasteiger partial charge < -0.3 is 4.42 Å². The van der Waals surface area contributed by atoms with E-state index in [4.69, 9.17) is 14.4 Å². The predicted molar refractivity (Wildman–Crippen MR) is 108 cm³/mol. The lowest BCUT2D eigenvalue weighted by Crippen LogP contribution is -2.11. The Balaban J connectivity index is 1.62. The van der Waals surface area contributed by atoms with Crippen molar-refractivity contribution in [1.82, 2.24) is 9.97 Å². The number of hydrogen-bond acceptors (Lipinski definition) is 5. The number of rotatable bonds is 4. The van der Waals surface area contributed by atoms with E-state index in [-0.39, 0.29) is 0 Å². The van der Waals surface area contributed by atoms with Crippen LogP contribution >= 0.6 is 0 Å². The molecule has 0 fully saturated rings. The number of nitrogens with one attached hydrogen (secondary N) is 2. The van der Waals surface area contributed by atoms with Crippen LogP contribution in [0, 0.1) is 0 Å².